The Balaban J connectivity index is 1.57. The number of hydrogen-bond donors (Lipinski definition) is 0. The van der Waals surface area contributed by atoms with Gasteiger partial charge >= 0.3 is 0 Å². The van der Waals surface area contributed by atoms with Crippen molar-refractivity contribution in [2.45, 2.75) is 32.2 Å². The van der Waals surface area contributed by atoms with E-state index in [1.807, 2.05) is 6.20 Å². The van der Waals surface area contributed by atoms with Crippen molar-refractivity contribution in [1.82, 2.24) is 9.88 Å². The lowest BCUT2D eigenvalue weighted by molar-refractivity contribution is 0.246. The molecular weight excluding hydrogens is 240 g/mol. The molecule has 16 heavy (non-hydrogen) atoms. The fourth-order valence-electron chi connectivity index (χ4n) is 2.11. The Labute approximate surface area is 106 Å². The summed E-state index contributed by atoms with van der Waals surface area (Å²) in [4.78, 5) is 8.04. The molecule has 0 atom stereocenters. The minimum absolute atomic E-state index is 0.674. The minimum Gasteiger partial charge on any atom is -0.298 e. The first-order valence-corrected chi connectivity index (χ1v) is 7.31. The molecule has 0 bridgehead atoms. The van der Waals surface area contributed by atoms with Gasteiger partial charge in [0.25, 0.3) is 0 Å². The highest BCUT2D eigenvalue weighted by Gasteiger charge is 2.29. The highest BCUT2D eigenvalue weighted by Crippen LogP contribution is 2.34. The smallest absolute Gasteiger partial charge is 0.183 e. The van der Waals surface area contributed by atoms with Crippen molar-refractivity contribution < 1.29 is 0 Å². The van der Waals surface area contributed by atoms with Crippen LogP contribution in [0.2, 0.25) is 4.47 Å². The maximum absolute atomic E-state index is 5.87. The number of hydrogen-bond acceptors (Lipinski definition) is 3. The molecule has 0 aliphatic heterocycles. The van der Waals surface area contributed by atoms with Crippen molar-refractivity contribution in [3.8, 4) is 0 Å². The molecule has 0 amide bonds. The number of rotatable bonds is 6. The van der Waals surface area contributed by atoms with Gasteiger partial charge in [-0.25, -0.2) is 4.98 Å². The molecule has 0 aromatic carbocycles. The Morgan fingerprint density at radius 1 is 1.25 bits per heavy atom. The van der Waals surface area contributed by atoms with E-state index in [2.05, 4.69) is 9.88 Å². The quantitative estimate of drug-likeness (QED) is 0.775. The molecule has 1 aromatic rings. The zero-order chi connectivity index (χ0) is 11.0. The Morgan fingerprint density at radius 3 is 2.31 bits per heavy atom. The van der Waals surface area contributed by atoms with Gasteiger partial charge in [0, 0.05) is 30.7 Å². The lowest BCUT2D eigenvalue weighted by Crippen LogP contribution is -2.27. The van der Waals surface area contributed by atoms with Crippen molar-refractivity contribution in [3.05, 3.63) is 15.5 Å². The summed E-state index contributed by atoms with van der Waals surface area (Å²) in [5.74, 6) is 1.95. The summed E-state index contributed by atoms with van der Waals surface area (Å²) in [7, 11) is 0. The molecule has 0 radical (unpaired) electrons. The third kappa shape index (κ3) is 3.19. The molecule has 0 unspecified atom stereocenters. The third-order valence-electron chi connectivity index (χ3n) is 3.33. The Bertz CT molecular complexity index is 344. The minimum atomic E-state index is 0.674. The van der Waals surface area contributed by atoms with E-state index >= 15 is 0 Å². The van der Waals surface area contributed by atoms with Crippen LogP contribution in [0.5, 0.6) is 0 Å². The standard InChI is InChI=1S/C12H17ClN2S/c13-12-14-5-11(16-12)8-15(6-9-1-2-9)7-10-3-4-10/h5,9-10H,1-4,6-8H2. The van der Waals surface area contributed by atoms with E-state index in [1.165, 1.54) is 43.6 Å². The van der Waals surface area contributed by atoms with E-state index in [9.17, 15) is 0 Å². The molecule has 0 saturated heterocycles. The van der Waals surface area contributed by atoms with Crippen molar-refractivity contribution in [3.63, 3.8) is 0 Å². The first kappa shape index (κ1) is 11.0. The molecule has 2 aliphatic rings. The molecule has 2 fully saturated rings. The van der Waals surface area contributed by atoms with Gasteiger partial charge in [0.05, 0.1) is 0 Å². The largest absolute Gasteiger partial charge is 0.298 e. The van der Waals surface area contributed by atoms with Gasteiger partial charge < -0.3 is 0 Å². The van der Waals surface area contributed by atoms with E-state index in [0.717, 1.165) is 18.4 Å². The predicted octanol–water partition coefficient (Wildman–Crippen LogP) is 3.42. The first-order valence-electron chi connectivity index (χ1n) is 6.12. The molecular formula is C12H17ClN2S. The van der Waals surface area contributed by atoms with E-state index < -0.39 is 0 Å². The maximum atomic E-state index is 5.87. The fourth-order valence-corrected chi connectivity index (χ4v) is 3.13. The van der Waals surface area contributed by atoms with Crippen molar-refractivity contribution in [1.29, 1.82) is 0 Å². The highest BCUT2D eigenvalue weighted by atomic mass is 35.5. The highest BCUT2D eigenvalue weighted by molar-refractivity contribution is 7.15. The summed E-state index contributed by atoms with van der Waals surface area (Å²) in [6, 6.07) is 0. The summed E-state index contributed by atoms with van der Waals surface area (Å²) in [6.45, 7) is 3.62. The molecule has 2 aliphatic carbocycles. The van der Waals surface area contributed by atoms with Crippen LogP contribution in [0.3, 0.4) is 0 Å². The van der Waals surface area contributed by atoms with Crippen LogP contribution in [0.15, 0.2) is 6.20 Å². The number of aromatic nitrogens is 1. The lowest BCUT2D eigenvalue weighted by Gasteiger charge is -2.20. The van der Waals surface area contributed by atoms with Crippen LogP contribution >= 0.6 is 22.9 Å². The van der Waals surface area contributed by atoms with Crippen molar-refractivity contribution in [2.75, 3.05) is 13.1 Å². The Morgan fingerprint density at radius 2 is 1.88 bits per heavy atom. The molecule has 88 valence electrons. The van der Waals surface area contributed by atoms with Crippen molar-refractivity contribution in [2.24, 2.45) is 11.8 Å². The van der Waals surface area contributed by atoms with E-state index in [-0.39, 0.29) is 0 Å². The van der Waals surface area contributed by atoms with Crippen molar-refractivity contribution >= 4 is 22.9 Å². The summed E-state index contributed by atoms with van der Waals surface area (Å²) in [5.41, 5.74) is 0. The van der Waals surface area contributed by atoms with Crippen LogP contribution in [0.25, 0.3) is 0 Å². The lowest BCUT2D eigenvalue weighted by atomic mass is 10.3. The van der Waals surface area contributed by atoms with Crippen LogP contribution in [0.1, 0.15) is 30.6 Å². The third-order valence-corrected chi connectivity index (χ3v) is 4.43. The molecule has 2 saturated carbocycles. The molecule has 4 heteroatoms. The average molecular weight is 257 g/mol. The van der Waals surface area contributed by atoms with Crippen LogP contribution in [-0.4, -0.2) is 23.0 Å². The molecule has 3 rings (SSSR count). The predicted molar refractivity (Wildman–Crippen MR) is 67.8 cm³/mol. The normalized spacial score (nSPS) is 20.6. The van der Waals surface area contributed by atoms with E-state index in [4.69, 9.17) is 11.6 Å². The van der Waals surface area contributed by atoms with Crippen LogP contribution in [-0.2, 0) is 6.54 Å². The van der Waals surface area contributed by atoms with Gasteiger partial charge in [-0.2, -0.15) is 0 Å². The van der Waals surface area contributed by atoms with E-state index in [1.54, 1.807) is 11.3 Å². The van der Waals surface area contributed by atoms with Gasteiger partial charge in [0.1, 0.15) is 0 Å². The molecule has 1 aromatic heterocycles. The SMILES string of the molecule is Clc1ncc(CN(CC2CC2)CC2CC2)s1. The van der Waals surface area contributed by atoms with Gasteiger partial charge in [-0.1, -0.05) is 11.6 Å². The molecule has 0 spiro atoms. The summed E-state index contributed by atoms with van der Waals surface area (Å²) >= 11 is 7.49. The zero-order valence-corrected chi connectivity index (χ0v) is 10.9. The Kier molecular flexibility index (Phi) is 3.18. The summed E-state index contributed by atoms with van der Waals surface area (Å²) in [6.07, 6.45) is 7.67. The first-order chi connectivity index (χ1) is 7.79. The topological polar surface area (TPSA) is 16.1 Å². The second-order valence-corrected chi connectivity index (χ2v) is 6.86. The van der Waals surface area contributed by atoms with Gasteiger partial charge in [0.2, 0.25) is 0 Å². The second-order valence-electron chi connectivity index (χ2n) is 5.16. The zero-order valence-electron chi connectivity index (χ0n) is 9.36. The van der Waals surface area contributed by atoms with Crippen LogP contribution in [0.4, 0.5) is 0 Å². The molecule has 2 nitrogen and oxygen atoms in total. The van der Waals surface area contributed by atoms with E-state index in [0.29, 0.717) is 4.47 Å². The van der Waals surface area contributed by atoms with Gasteiger partial charge in [-0.05, 0) is 37.5 Å². The van der Waals surface area contributed by atoms with Gasteiger partial charge in [-0.3, -0.25) is 4.90 Å². The molecule has 0 N–H and O–H groups in total. The number of nitrogens with zero attached hydrogens (tertiary/aromatic N) is 2. The molecule has 1 heterocycles. The average Bonchev–Trinajstić information content (AvgIpc) is 3.13. The van der Waals surface area contributed by atoms with Gasteiger partial charge in [0.15, 0.2) is 4.47 Å². The Hall–Kier alpha value is -0.120. The van der Waals surface area contributed by atoms with Crippen LogP contribution < -0.4 is 0 Å². The second kappa shape index (κ2) is 4.63. The fraction of sp³-hybridized carbons (Fsp3) is 0.750. The monoisotopic (exact) mass is 256 g/mol. The summed E-state index contributed by atoms with van der Waals surface area (Å²) in [5, 5.41) is 0. The van der Waals surface area contributed by atoms with Crippen LogP contribution in [0, 0.1) is 11.8 Å². The number of halogens is 1. The number of thiazole rings is 1. The maximum Gasteiger partial charge on any atom is 0.183 e. The summed E-state index contributed by atoms with van der Waals surface area (Å²) < 4.78 is 0.674. The van der Waals surface area contributed by atoms with Gasteiger partial charge in [-0.15, -0.1) is 11.3 Å².